The predicted octanol–water partition coefficient (Wildman–Crippen LogP) is 5.37. The van der Waals surface area contributed by atoms with Gasteiger partial charge < -0.3 is 4.57 Å². The summed E-state index contributed by atoms with van der Waals surface area (Å²) in [5.74, 6) is 0. The van der Waals surface area contributed by atoms with Crippen LogP contribution in [-0.4, -0.2) is 9.49 Å². The highest BCUT2D eigenvalue weighted by Crippen LogP contribution is 2.26. The molecule has 5 heteroatoms. The van der Waals surface area contributed by atoms with E-state index >= 15 is 0 Å². The zero-order valence-electron chi connectivity index (χ0n) is 15.4. The molecule has 0 saturated heterocycles. The molecule has 3 aromatic rings. The molecule has 2 aromatic carbocycles. The third-order valence-electron chi connectivity index (χ3n) is 4.57. The van der Waals surface area contributed by atoms with E-state index in [1.54, 1.807) is 12.1 Å². The molecule has 0 aliphatic carbocycles. The molecule has 3 rings (SSSR count). The lowest BCUT2D eigenvalue weighted by molar-refractivity contribution is -0.384. The van der Waals surface area contributed by atoms with Gasteiger partial charge in [-0.25, -0.2) is 0 Å². The van der Waals surface area contributed by atoms with E-state index in [1.807, 2.05) is 26.0 Å². The van der Waals surface area contributed by atoms with Crippen LogP contribution in [-0.2, 0) is 0 Å². The first-order chi connectivity index (χ1) is 12.9. The summed E-state index contributed by atoms with van der Waals surface area (Å²) in [4.78, 5) is 10.4. The summed E-state index contributed by atoms with van der Waals surface area (Å²) in [5, 5.41) is 20.4. The van der Waals surface area contributed by atoms with Crippen LogP contribution in [0.4, 0.5) is 5.69 Å². The Bertz CT molecular complexity index is 1070. The summed E-state index contributed by atoms with van der Waals surface area (Å²) in [6.45, 7) is 6.10. The molecule has 0 unspecified atom stereocenters. The molecule has 0 atom stereocenters. The SMILES string of the molecule is Cc1ccc(-n2c(C)cc(/C=C(\C#N)c3ccc([N+](=O)[O-])cc3)c2C)cc1. The average Bonchev–Trinajstić information content (AvgIpc) is 2.94. The second-order valence-corrected chi connectivity index (χ2v) is 6.47. The van der Waals surface area contributed by atoms with Gasteiger partial charge in [0.15, 0.2) is 0 Å². The van der Waals surface area contributed by atoms with E-state index < -0.39 is 4.92 Å². The minimum Gasteiger partial charge on any atom is -0.318 e. The van der Waals surface area contributed by atoms with Crippen molar-refractivity contribution in [1.29, 1.82) is 5.26 Å². The minimum atomic E-state index is -0.450. The summed E-state index contributed by atoms with van der Waals surface area (Å²) >= 11 is 0. The maximum Gasteiger partial charge on any atom is 0.269 e. The van der Waals surface area contributed by atoms with E-state index in [1.165, 1.54) is 17.7 Å². The Morgan fingerprint density at radius 1 is 1.07 bits per heavy atom. The van der Waals surface area contributed by atoms with Gasteiger partial charge in [-0.3, -0.25) is 10.1 Å². The van der Waals surface area contributed by atoms with Crippen molar-refractivity contribution in [2.75, 3.05) is 0 Å². The number of aromatic nitrogens is 1. The van der Waals surface area contributed by atoms with Crippen molar-refractivity contribution in [3.8, 4) is 11.8 Å². The first kappa shape index (κ1) is 18.2. The van der Waals surface area contributed by atoms with Crippen molar-refractivity contribution in [3.63, 3.8) is 0 Å². The Morgan fingerprint density at radius 3 is 2.26 bits per heavy atom. The number of hydrogen-bond donors (Lipinski definition) is 0. The van der Waals surface area contributed by atoms with E-state index in [2.05, 4.69) is 41.8 Å². The number of aryl methyl sites for hydroxylation is 2. The van der Waals surface area contributed by atoms with Crippen molar-refractivity contribution in [3.05, 3.63) is 92.8 Å². The molecular weight excluding hydrogens is 338 g/mol. The van der Waals surface area contributed by atoms with Crippen LogP contribution in [0.1, 0.15) is 28.1 Å². The first-order valence-corrected chi connectivity index (χ1v) is 8.53. The molecule has 0 radical (unpaired) electrons. The van der Waals surface area contributed by atoms with Crippen molar-refractivity contribution in [2.45, 2.75) is 20.8 Å². The lowest BCUT2D eigenvalue weighted by Crippen LogP contribution is -1.98. The first-order valence-electron chi connectivity index (χ1n) is 8.53. The third-order valence-corrected chi connectivity index (χ3v) is 4.57. The maximum atomic E-state index is 10.8. The maximum absolute atomic E-state index is 10.8. The molecule has 0 saturated carbocycles. The lowest BCUT2D eigenvalue weighted by Gasteiger charge is -2.10. The highest BCUT2D eigenvalue weighted by molar-refractivity contribution is 5.90. The Kier molecular flexibility index (Phi) is 4.91. The van der Waals surface area contributed by atoms with Gasteiger partial charge >= 0.3 is 0 Å². The van der Waals surface area contributed by atoms with E-state index in [9.17, 15) is 15.4 Å². The largest absolute Gasteiger partial charge is 0.318 e. The fourth-order valence-electron chi connectivity index (χ4n) is 3.12. The van der Waals surface area contributed by atoms with E-state index in [0.717, 1.165) is 22.6 Å². The molecule has 5 nitrogen and oxygen atoms in total. The van der Waals surface area contributed by atoms with Crippen LogP contribution < -0.4 is 0 Å². The van der Waals surface area contributed by atoms with Gasteiger partial charge in [-0.05, 0) is 68.3 Å². The van der Waals surface area contributed by atoms with Crippen molar-refractivity contribution in [1.82, 2.24) is 4.57 Å². The highest BCUT2D eigenvalue weighted by atomic mass is 16.6. The summed E-state index contributed by atoms with van der Waals surface area (Å²) in [6, 6.07) is 18.6. The predicted molar refractivity (Wildman–Crippen MR) is 107 cm³/mol. The topological polar surface area (TPSA) is 71.9 Å². The number of nitro groups is 1. The molecule has 0 spiro atoms. The van der Waals surface area contributed by atoms with Crippen molar-refractivity contribution >= 4 is 17.3 Å². The van der Waals surface area contributed by atoms with Gasteiger partial charge in [0.1, 0.15) is 0 Å². The molecule has 0 fully saturated rings. The van der Waals surface area contributed by atoms with Crippen LogP contribution in [0.15, 0.2) is 54.6 Å². The second-order valence-electron chi connectivity index (χ2n) is 6.47. The van der Waals surface area contributed by atoms with Gasteiger partial charge in [-0.15, -0.1) is 0 Å². The molecule has 134 valence electrons. The van der Waals surface area contributed by atoms with E-state index in [4.69, 9.17) is 0 Å². The molecule has 27 heavy (non-hydrogen) atoms. The molecule has 0 bridgehead atoms. The second kappa shape index (κ2) is 7.30. The highest BCUT2D eigenvalue weighted by Gasteiger charge is 2.12. The van der Waals surface area contributed by atoms with Crippen LogP contribution in [0.5, 0.6) is 0 Å². The smallest absolute Gasteiger partial charge is 0.269 e. The fraction of sp³-hybridized carbons (Fsp3) is 0.136. The van der Waals surface area contributed by atoms with Crippen LogP contribution in [0.2, 0.25) is 0 Å². The van der Waals surface area contributed by atoms with Gasteiger partial charge in [0.25, 0.3) is 5.69 Å². The van der Waals surface area contributed by atoms with Crippen molar-refractivity contribution < 1.29 is 4.92 Å². The van der Waals surface area contributed by atoms with Crippen molar-refractivity contribution in [2.24, 2.45) is 0 Å². The van der Waals surface area contributed by atoms with Crippen LogP contribution >= 0.6 is 0 Å². The van der Waals surface area contributed by atoms with Crippen LogP contribution in [0.25, 0.3) is 17.3 Å². The molecule has 0 aliphatic heterocycles. The Morgan fingerprint density at radius 2 is 1.70 bits per heavy atom. The molecule has 0 amide bonds. The monoisotopic (exact) mass is 357 g/mol. The fourth-order valence-corrected chi connectivity index (χ4v) is 3.12. The van der Waals surface area contributed by atoms with E-state index in [-0.39, 0.29) is 5.69 Å². The summed E-state index contributed by atoms with van der Waals surface area (Å²) in [7, 11) is 0. The zero-order valence-corrected chi connectivity index (χ0v) is 15.4. The Labute approximate surface area is 158 Å². The standard InChI is InChI=1S/C22H19N3O2/c1-15-4-8-21(9-5-15)24-16(2)12-19(17(24)3)13-20(14-23)18-6-10-22(11-7-18)25(26)27/h4-13H,1-3H3/b20-13+. The number of non-ortho nitro benzene ring substituents is 1. The number of nitriles is 1. The lowest BCUT2D eigenvalue weighted by atomic mass is 10.0. The normalized spacial score (nSPS) is 11.3. The number of nitro benzene ring substituents is 1. The average molecular weight is 357 g/mol. The van der Waals surface area contributed by atoms with Gasteiger partial charge in [0, 0.05) is 29.2 Å². The van der Waals surface area contributed by atoms with Gasteiger partial charge in [0.2, 0.25) is 0 Å². The van der Waals surface area contributed by atoms with Crippen LogP contribution in [0.3, 0.4) is 0 Å². The Hall–Kier alpha value is -3.65. The molecule has 1 aromatic heterocycles. The van der Waals surface area contributed by atoms with Crippen LogP contribution in [0, 0.1) is 42.2 Å². The van der Waals surface area contributed by atoms with Gasteiger partial charge in [-0.2, -0.15) is 5.26 Å². The summed E-state index contributed by atoms with van der Waals surface area (Å²) < 4.78 is 2.15. The molecule has 1 heterocycles. The van der Waals surface area contributed by atoms with E-state index in [0.29, 0.717) is 11.1 Å². The van der Waals surface area contributed by atoms with Gasteiger partial charge in [-0.1, -0.05) is 17.7 Å². The zero-order chi connectivity index (χ0) is 19.6. The third kappa shape index (κ3) is 3.65. The molecular formula is C22H19N3O2. The number of allylic oxidation sites excluding steroid dienone is 1. The Balaban J connectivity index is 2.03. The number of nitrogens with zero attached hydrogens (tertiary/aromatic N) is 3. The summed E-state index contributed by atoms with van der Waals surface area (Å²) in [6.07, 6.45) is 1.83. The van der Waals surface area contributed by atoms with Gasteiger partial charge in [0.05, 0.1) is 16.6 Å². The quantitative estimate of drug-likeness (QED) is 0.358. The minimum absolute atomic E-state index is 0.00795. The molecule has 0 N–H and O–H groups in total. The molecule has 0 aliphatic rings. The number of benzene rings is 2. The number of hydrogen-bond acceptors (Lipinski definition) is 3. The summed E-state index contributed by atoms with van der Waals surface area (Å²) in [5.41, 5.74) is 6.46. The number of rotatable bonds is 4.